The van der Waals surface area contributed by atoms with E-state index in [4.69, 9.17) is 15.3 Å². The lowest BCUT2D eigenvalue weighted by Crippen LogP contribution is -2.54. The Morgan fingerprint density at radius 3 is 2.74 bits per heavy atom. The first-order valence-corrected chi connectivity index (χ1v) is 11.4. The number of nitrogens with zero attached hydrogens (tertiary/aromatic N) is 4. The van der Waals surface area contributed by atoms with Crippen molar-refractivity contribution in [3.05, 3.63) is 77.4 Å². The average molecular weight is 476 g/mol. The van der Waals surface area contributed by atoms with E-state index in [-0.39, 0.29) is 12.4 Å². The maximum Gasteiger partial charge on any atom is 0.238 e. The average Bonchev–Trinajstić information content (AvgIpc) is 3.25. The number of hydrogen-bond acceptors (Lipinski definition) is 8. The number of fused-ring (bicyclic) bond motifs is 1. The Balaban J connectivity index is 1.42. The standard InChI is InChI=1S/C26H26FN5O3/c1-34-23-12-18(6-9-21(23)22-14-30-24(28)15-29-22)11-19-3-2-10-32-25(19)31-35-26(32,16-33)13-17-4-7-20(27)8-5-17/h4-9,11-12,14-15,33H,2-3,10,13,16H2,1H3,(H2,28,30)/b19-11+. The molecule has 5 rings (SSSR count). The molecule has 1 fully saturated rings. The van der Waals surface area contributed by atoms with E-state index in [1.54, 1.807) is 25.4 Å². The number of ether oxygens (including phenoxy) is 1. The fourth-order valence-electron chi connectivity index (χ4n) is 4.54. The van der Waals surface area contributed by atoms with Crippen molar-refractivity contribution in [3.63, 3.8) is 0 Å². The number of piperidine rings is 1. The maximum absolute atomic E-state index is 13.4. The zero-order valence-corrected chi connectivity index (χ0v) is 19.3. The van der Waals surface area contributed by atoms with Crippen LogP contribution in [0.1, 0.15) is 24.0 Å². The minimum Gasteiger partial charge on any atom is -0.496 e. The summed E-state index contributed by atoms with van der Waals surface area (Å²) in [6.07, 6.45) is 7.28. The first-order chi connectivity index (χ1) is 17.0. The molecular formula is C26H26FN5O3. The molecule has 180 valence electrons. The molecule has 2 aromatic carbocycles. The first-order valence-electron chi connectivity index (χ1n) is 11.4. The zero-order chi connectivity index (χ0) is 24.4. The number of rotatable bonds is 6. The molecule has 1 unspecified atom stereocenters. The van der Waals surface area contributed by atoms with Crippen LogP contribution in [-0.4, -0.2) is 51.8 Å². The van der Waals surface area contributed by atoms with Gasteiger partial charge in [-0.05, 0) is 59.9 Å². The number of aromatic nitrogens is 2. The lowest BCUT2D eigenvalue weighted by atomic mass is 9.95. The second-order valence-electron chi connectivity index (χ2n) is 8.62. The van der Waals surface area contributed by atoms with E-state index >= 15 is 0 Å². The highest BCUT2D eigenvalue weighted by Gasteiger charge is 2.47. The van der Waals surface area contributed by atoms with Crippen LogP contribution in [0.5, 0.6) is 5.75 Å². The summed E-state index contributed by atoms with van der Waals surface area (Å²) in [6, 6.07) is 12.1. The van der Waals surface area contributed by atoms with Crippen LogP contribution in [0.4, 0.5) is 10.2 Å². The summed E-state index contributed by atoms with van der Waals surface area (Å²) in [7, 11) is 1.61. The van der Waals surface area contributed by atoms with E-state index in [1.165, 1.54) is 18.3 Å². The van der Waals surface area contributed by atoms with E-state index in [9.17, 15) is 9.50 Å². The van der Waals surface area contributed by atoms with E-state index < -0.39 is 5.72 Å². The highest BCUT2D eigenvalue weighted by atomic mass is 19.1. The third-order valence-electron chi connectivity index (χ3n) is 6.32. The van der Waals surface area contributed by atoms with Gasteiger partial charge in [-0.15, -0.1) is 0 Å². The third-order valence-corrected chi connectivity index (χ3v) is 6.32. The number of aliphatic hydroxyl groups excluding tert-OH is 1. The number of oxime groups is 1. The molecule has 3 heterocycles. The monoisotopic (exact) mass is 475 g/mol. The number of methoxy groups -OCH3 is 1. The molecule has 8 nitrogen and oxygen atoms in total. The van der Waals surface area contributed by atoms with Gasteiger partial charge in [-0.25, -0.2) is 9.37 Å². The molecule has 9 heteroatoms. The summed E-state index contributed by atoms with van der Waals surface area (Å²) >= 11 is 0. The van der Waals surface area contributed by atoms with E-state index in [0.29, 0.717) is 36.1 Å². The van der Waals surface area contributed by atoms with Gasteiger partial charge in [-0.1, -0.05) is 23.4 Å². The Hall–Kier alpha value is -3.98. The zero-order valence-electron chi connectivity index (χ0n) is 19.3. The molecule has 0 saturated carbocycles. The summed E-state index contributed by atoms with van der Waals surface area (Å²) in [4.78, 5) is 16.3. The quantitative estimate of drug-likeness (QED) is 0.561. The summed E-state index contributed by atoms with van der Waals surface area (Å²) in [5, 5.41) is 14.7. The third kappa shape index (κ3) is 4.42. The van der Waals surface area contributed by atoms with Gasteiger partial charge in [0.1, 0.15) is 24.0 Å². The Morgan fingerprint density at radius 2 is 2.03 bits per heavy atom. The van der Waals surface area contributed by atoms with Crippen LogP contribution in [-0.2, 0) is 11.3 Å². The maximum atomic E-state index is 13.4. The van der Waals surface area contributed by atoms with Gasteiger partial charge < -0.3 is 25.3 Å². The number of nitrogen functional groups attached to an aromatic ring is 1. The fraction of sp³-hybridized carbons (Fsp3) is 0.269. The second-order valence-corrected chi connectivity index (χ2v) is 8.62. The Kier molecular flexibility index (Phi) is 6.08. The van der Waals surface area contributed by atoms with Crippen molar-refractivity contribution in [1.29, 1.82) is 0 Å². The predicted octanol–water partition coefficient (Wildman–Crippen LogP) is 3.63. The SMILES string of the molecule is COc1cc(/C=C2\CCCN3C2=NOC3(CO)Cc2ccc(F)cc2)ccc1-c1cnc(N)cn1. The van der Waals surface area contributed by atoms with E-state index in [0.717, 1.165) is 35.1 Å². The molecule has 1 saturated heterocycles. The van der Waals surface area contributed by atoms with Gasteiger partial charge in [0.05, 0.1) is 25.2 Å². The molecule has 0 radical (unpaired) electrons. The Labute approximate surface area is 202 Å². The molecule has 2 aliphatic heterocycles. The molecule has 0 bridgehead atoms. The summed E-state index contributed by atoms with van der Waals surface area (Å²) in [6.45, 7) is 0.464. The molecular weight excluding hydrogens is 449 g/mol. The molecule has 0 amide bonds. The molecule has 1 aromatic heterocycles. The van der Waals surface area contributed by atoms with Crippen molar-refractivity contribution in [2.75, 3.05) is 26.0 Å². The van der Waals surface area contributed by atoms with Crippen LogP contribution >= 0.6 is 0 Å². The number of halogens is 1. The van der Waals surface area contributed by atoms with Gasteiger partial charge in [0, 0.05) is 18.5 Å². The molecule has 0 aliphatic carbocycles. The topological polar surface area (TPSA) is 106 Å². The van der Waals surface area contributed by atoms with Crippen molar-refractivity contribution in [2.24, 2.45) is 5.16 Å². The van der Waals surface area contributed by atoms with Gasteiger partial charge in [0.15, 0.2) is 5.84 Å². The van der Waals surface area contributed by atoms with E-state index in [1.807, 2.05) is 23.1 Å². The molecule has 35 heavy (non-hydrogen) atoms. The number of hydrogen-bond donors (Lipinski definition) is 2. The van der Waals surface area contributed by atoms with Gasteiger partial charge in [0.25, 0.3) is 0 Å². The van der Waals surface area contributed by atoms with Gasteiger partial charge >= 0.3 is 0 Å². The summed E-state index contributed by atoms with van der Waals surface area (Å²) in [5.41, 5.74) is 8.93. The van der Waals surface area contributed by atoms with Gasteiger partial charge in [-0.2, -0.15) is 0 Å². The lowest BCUT2D eigenvalue weighted by molar-refractivity contribution is -0.129. The summed E-state index contributed by atoms with van der Waals surface area (Å²) in [5.74, 6) is 1.43. The number of benzene rings is 2. The Bertz CT molecular complexity index is 1280. The van der Waals surface area contributed by atoms with Crippen molar-refractivity contribution < 1.29 is 19.1 Å². The predicted molar refractivity (Wildman–Crippen MR) is 131 cm³/mol. The highest BCUT2D eigenvalue weighted by molar-refractivity contribution is 6.03. The van der Waals surface area contributed by atoms with Crippen LogP contribution in [0.3, 0.4) is 0 Å². The van der Waals surface area contributed by atoms with Crippen LogP contribution in [0, 0.1) is 5.82 Å². The Morgan fingerprint density at radius 1 is 1.20 bits per heavy atom. The van der Waals surface area contributed by atoms with Gasteiger partial charge in [0.2, 0.25) is 5.72 Å². The fourth-order valence-corrected chi connectivity index (χ4v) is 4.54. The largest absolute Gasteiger partial charge is 0.496 e. The van der Waals surface area contributed by atoms with Crippen LogP contribution < -0.4 is 10.5 Å². The van der Waals surface area contributed by atoms with Crippen molar-refractivity contribution in [3.8, 4) is 17.0 Å². The van der Waals surface area contributed by atoms with Crippen molar-refractivity contribution >= 4 is 17.7 Å². The minimum atomic E-state index is -1.01. The number of amidine groups is 1. The number of aliphatic hydroxyl groups is 1. The molecule has 3 N–H and O–H groups in total. The second kappa shape index (κ2) is 9.34. The lowest BCUT2D eigenvalue weighted by Gasteiger charge is -2.38. The number of anilines is 1. The molecule has 2 aliphatic rings. The minimum absolute atomic E-state index is 0.240. The first kappa shape index (κ1) is 22.8. The molecule has 3 aromatic rings. The molecule has 0 spiro atoms. The van der Waals surface area contributed by atoms with Crippen LogP contribution in [0.25, 0.3) is 17.3 Å². The number of nitrogens with two attached hydrogens (primary N) is 1. The van der Waals surface area contributed by atoms with Crippen LogP contribution in [0.15, 0.2) is 65.6 Å². The normalized spacial score (nSPS) is 20.4. The van der Waals surface area contributed by atoms with Crippen LogP contribution in [0.2, 0.25) is 0 Å². The smallest absolute Gasteiger partial charge is 0.238 e. The highest BCUT2D eigenvalue weighted by Crippen LogP contribution is 2.37. The van der Waals surface area contributed by atoms with E-state index in [2.05, 4.69) is 21.2 Å². The van der Waals surface area contributed by atoms with Crippen molar-refractivity contribution in [1.82, 2.24) is 14.9 Å². The summed E-state index contributed by atoms with van der Waals surface area (Å²) < 4.78 is 19.0. The van der Waals surface area contributed by atoms with Crippen molar-refractivity contribution in [2.45, 2.75) is 25.0 Å². The molecule has 1 atom stereocenters. The van der Waals surface area contributed by atoms with Gasteiger partial charge in [-0.3, -0.25) is 4.98 Å².